The van der Waals surface area contributed by atoms with Crippen LogP contribution in [0.5, 0.6) is 0 Å². The van der Waals surface area contributed by atoms with Gasteiger partial charge in [-0.15, -0.1) is 0 Å². The fourth-order valence-electron chi connectivity index (χ4n) is 1.85. The third-order valence-corrected chi connectivity index (χ3v) is 3.18. The fourth-order valence-corrected chi connectivity index (χ4v) is 2.34. The van der Waals surface area contributed by atoms with E-state index in [1.54, 1.807) is 0 Å². The molecular formula is C12H11ClF3N3S. The molecule has 0 aliphatic rings. The maximum atomic E-state index is 12.8. The van der Waals surface area contributed by atoms with Crippen molar-refractivity contribution in [2.75, 3.05) is 0 Å². The van der Waals surface area contributed by atoms with Crippen LogP contribution in [0.25, 0.3) is 5.69 Å². The van der Waals surface area contributed by atoms with E-state index in [0.29, 0.717) is 12.2 Å². The molecule has 0 unspecified atom stereocenters. The molecular weight excluding hydrogens is 311 g/mol. The standard InChI is InChI=1S/C12H11ClF3N3S/c1-2-3-10-17-18-11(20)19(10)9-5-7(12(14,15)16)4-8(13)6-9/h4-6H,2-3H2,1H3,(H,18,20). The molecule has 1 heterocycles. The lowest BCUT2D eigenvalue weighted by molar-refractivity contribution is -0.137. The van der Waals surface area contributed by atoms with Crippen molar-refractivity contribution in [1.82, 2.24) is 14.8 Å². The minimum atomic E-state index is -4.46. The lowest BCUT2D eigenvalue weighted by Gasteiger charge is -2.11. The van der Waals surface area contributed by atoms with Crippen molar-refractivity contribution >= 4 is 23.8 Å². The highest BCUT2D eigenvalue weighted by Gasteiger charge is 2.31. The highest BCUT2D eigenvalue weighted by molar-refractivity contribution is 7.71. The smallest absolute Gasteiger partial charge is 0.272 e. The number of halogens is 4. The first-order chi connectivity index (χ1) is 9.32. The topological polar surface area (TPSA) is 33.6 Å². The molecule has 1 N–H and O–H groups in total. The Bertz CT molecular complexity index is 675. The van der Waals surface area contributed by atoms with Gasteiger partial charge in [0.1, 0.15) is 5.82 Å². The van der Waals surface area contributed by atoms with E-state index in [9.17, 15) is 13.2 Å². The lowest BCUT2D eigenvalue weighted by Crippen LogP contribution is -2.08. The zero-order chi connectivity index (χ0) is 14.9. The van der Waals surface area contributed by atoms with Gasteiger partial charge in [-0.25, -0.2) is 0 Å². The van der Waals surface area contributed by atoms with Crippen LogP contribution in [0.2, 0.25) is 5.02 Å². The number of nitrogens with one attached hydrogen (secondary N) is 1. The van der Waals surface area contributed by atoms with Crippen LogP contribution in [0.4, 0.5) is 13.2 Å². The Morgan fingerprint density at radius 2 is 2.05 bits per heavy atom. The van der Waals surface area contributed by atoms with Gasteiger partial charge in [-0.05, 0) is 36.8 Å². The van der Waals surface area contributed by atoms with Crippen LogP contribution in [0.1, 0.15) is 24.7 Å². The van der Waals surface area contributed by atoms with Crippen LogP contribution < -0.4 is 0 Å². The molecule has 2 aromatic rings. The maximum absolute atomic E-state index is 12.8. The third kappa shape index (κ3) is 3.04. The molecule has 0 fully saturated rings. The highest BCUT2D eigenvalue weighted by Crippen LogP contribution is 2.33. The summed E-state index contributed by atoms with van der Waals surface area (Å²) in [5, 5.41) is 6.61. The number of benzene rings is 1. The van der Waals surface area contributed by atoms with Gasteiger partial charge in [-0.3, -0.25) is 9.67 Å². The second-order valence-corrected chi connectivity index (χ2v) is 5.05. The molecule has 0 saturated carbocycles. The Balaban J connectivity index is 2.61. The largest absolute Gasteiger partial charge is 0.416 e. The summed E-state index contributed by atoms with van der Waals surface area (Å²) in [5.74, 6) is 0.577. The fraction of sp³-hybridized carbons (Fsp3) is 0.333. The number of aromatic amines is 1. The van der Waals surface area contributed by atoms with Gasteiger partial charge in [0.15, 0.2) is 4.77 Å². The summed E-state index contributed by atoms with van der Waals surface area (Å²) in [6, 6.07) is 3.33. The van der Waals surface area contributed by atoms with Crippen molar-refractivity contribution in [1.29, 1.82) is 0 Å². The first kappa shape index (κ1) is 15.1. The number of H-pyrrole nitrogens is 1. The van der Waals surface area contributed by atoms with Gasteiger partial charge in [0, 0.05) is 11.4 Å². The van der Waals surface area contributed by atoms with Gasteiger partial charge in [0.25, 0.3) is 0 Å². The Labute approximate surface area is 123 Å². The Kier molecular flexibility index (Phi) is 4.19. The van der Waals surface area contributed by atoms with Crippen LogP contribution >= 0.6 is 23.8 Å². The molecule has 2 rings (SSSR count). The average molecular weight is 322 g/mol. The van der Waals surface area contributed by atoms with E-state index in [4.69, 9.17) is 23.8 Å². The molecule has 0 saturated heterocycles. The van der Waals surface area contributed by atoms with Gasteiger partial charge < -0.3 is 0 Å². The summed E-state index contributed by atoms with van der Waals surface area (Å²) in [6.07, 6.45) is -3.07. The van der Waals surface area contributed by atoms with Gasteiger partial charge in [-0.2, -0.15) is 18.3 Å². The summed E-state index contributed by atoms with van der Waals surface area (Å²) < 4.78 is 40.2. The Hall–Kier alpha value is -1.34. The number of aromatic nitrogens is 3. The van der Waals surface area contributed by atoms with Crippen LogP contribution in [0.15, 0.2) is 18.2 Å². The molecule has 8 heteroatoms. The van der Waals surface area contributed by atoms with Crippen molar-refractivity contribution in [3.05, 3.63) is 39.4 Å². The van der Waals surface area contributed by atoms with Crippen LogP contribution in [0, 0.1) is 4.77 Å². The predicted octanol–water partition coefficient (Wildman–Crippen LogP) is 4.55. The van der Waals surface area contributed by atoms with Gasteiger partial charge in [0.05, 0.1) is 11.3 Å². The molecule has 108 valence electrons. The summed E-state index contributed by atoms with van der Waals surface area (Å²) in [4.78, 5) is 0. The molecule has 0 amide bonds. The zero-order valence-electron chi connectivity index (χ0n) is 10.5. The second-order valence-electron chi connectivity index (χ2n) is 4.23. The number of aryl methyl sites for hydroxylation is 1. The second kappa shape index (κ2) is 5.57. The summed E-state index contributed by atoms with van der Waals surface area (Å²) in [5.41, 5.74) is -0.558. The SMILES string of the molecule is CCCc1n[nH]c(=S)n1-c1cc(Cl)cc(C(F)(F)F)c1. The lowest BCUT2D eigenvalue weighted by atomic mass is 10.2. The molecule has 0 aliphatic carbocycles. The number of nitrogens with zero attached hydrogens (tertiary/aromatic N) is 2. The number of alkyl halides is 3. The average Bonchev–Trinajstić information content (AvgIpc) is 2.69. The molecule has 3 nitrogen and oxygen atoms in total. The Morgan fingerprint density at radius 1 is 1.35 bits per heavy atom. The van der Waals surface area contributed by atoms with E-state index >= 15 is 0 Å². The molecule has 1 aromatic carbocycles. The van der Waals surface area contributed by atoms with Crippen molar-refractivity contribution in [3.63, 3.8) is 0 Å². The molecule has 0 bridgehead atoms. The molecule has 0 atom stereocenters. The molecule has 0 aliphatic heterocycles. The number of hydrogen-bond acceptors (Lipinski definition) is 2. The third-order valence-electron chi connectivity index (χ3n) is 2.68. The van der Waals surface area contributed by atoms with E-state index in [2.05, 4.69) is 10.2 Å². The van der Waals surface area contributed by atoms with E-state index in [0.717, 1.165) is 18.6 Å². The first-order valence-electron chi connectivity index (χ1n) is 5.87. The number of hydrogen-bond donors (Lipinski definition) is 1. The Morgan fingerprint density at radius 3 is 2.65 bits per heavy atom. The maximum Gasteiger partial charge on any atom is 0.416 e. The van der Waals surface area contributed by atoms with E-state index in [1.807, 2.05) is 6.92 Å². The highest BCUT2D eigenvalue weighted by atomic mass is 35.5. The first-order valence-corrected chi connectivity index (χ1v) is 6.66. The summed E-state index contributed by atoms with van der Waals surface area (Å²) >= 11 is 10.8. The van der Waals surface area contributed by atoms with Crippen molar-refractivity contribution in [2.24, 2.45) is 0 Å². The minimum Gasteiger partial charge on any atom is -0.272 e. The zero-order valence-corrected chi connectivity index (χ0v) is 12.0. The van der Waals surface area contributed by atoms with Crippen molar-refractivity contribution in [3.8, 4) is 5.69 Å². The predicted molar refractivity (Wildman–Crippen MR) is 72.8 cm³/mol. The van der Waals surface area contributed by atoms with Crippen LogP contribution in [-0.4, -0.2) is 14.8 Å². The minimum absolute atomic E-state index is 0.000346. The normalized spacial score (nSPS) is 11.8. The van der Waals surface area contributed by atoms with E-state index in [1.165, 1.54) is 10.6 Å². The molecule has 20 heavy (non-hydrogen) atoms. The van der Waals surface area contributed by atoms with Gasteiger partial charge >= 0.3 is 6.18 Å². The molecule has 0 spiro atoms. The van der Waals surface area contributed by atoms with Crippen molar-refractivity contribution in [2.45, 2.75) is 25.9 Å². The van der Waals surface area contributed by atoms with Crippen LogP contribution in [-0.2, 0) is 12.6 Å². The summed E-state index contributed by atoms with van der Waals surface area (Å²) in [6.45, 7) is 1.95. The molecule has 1 aromatic heterocycles. The van der Waals surface area contributed by atoms with Gasteiger partial charge in [-0.1, -0.05) is 18.5 Å². The monoisotopic (exact) mass is 321 g/mol. The number of rotatable bonds is 3. The quantitative estimate of drug-likeness (QED) is 0.841. The van der Waals surface area contributed by atoms with Crippen LogP contribution in [0.3, 0.4) is 0 Å². The molecule has 0 radical (unpaired) electrons. The van der Waals surface area contributed by atoms with Crippen molar-refractivity contribution < 1.29 is 13.2 Å². The summed E-state index contributed by atoms with van der Waals surface area (Å²) in [7, 11) is 0. The van der Waals surface area contributed by atoms with E-state index < -0.39 is 11.7 Å². The van der Waals surface area contributed by atoms with Gasteiger partial charge in [0.2, 0.25) is 0 Å². The van der Waals surface area contributed by atoms with E-state index in [-0.39, 0.29) is 15.5 Å².